The van der Waals surface area contributed by atoms with Gasteiger partial charge in [0.25, 0.3) is 5.91 Å². The molecule has 0 aliphatic carbocycles. The van der Waals surface area contributed by atoms with E-state index >= 15 is 0 Å². The van der Waals surface area contributed by atoms with Gasteiger partial charge in [-0.2, -0.15) is 13.2 Å². The standard InChI is InChI=1S/C20H23N3O3.C2HF3O2/c24-18(17-4-12-26-15-17)22-9-2-5-20(6-10-22)7-11-23(19(20)25)14-16-3-1-8-21-13-16;3-2(4,5)1(6)7/h1,3-4,8,12-13,15H,2,5-7,9-11,14H2;(H,6,7). The van der Waals surface area contributed by atoms with E-state index in [2.05, 4.69) is 4.98 Å². The molecule has 33 heavy (non-hydrogen) atoms. The fourth-order valence-corrected chi connectivity index (χ4v) is 4.19. The second-order valence-electron chi connectivity index (χ2n) is 8.08. The third kappa shape index (κ3) is 5.91. The lowest BCUT2D eigenvalue weighted by Crippen LogP contribution is -2.36. The number of halogens is 3. The summed E-state index contributed by atoms with van der Waals surface area (Å²) in [6.45, 7) is 2.72. The predicted molar refractivity (Wildman–Crippen MR) is 109 cm³/mol. The minimum absolute atomic E-state index is 0.00605. The summed E-state index contributed by atoms with van der Waals surface area (Å²) in [4.78, 5) is 42.5. The number of rotatable bonds is 3. The van der Waals surface area contributed by atoms with Crippen LogP contribution in [0.5, 0.6) is 0 Å². The molecule has 178 valence electrons. The van der Waals surface area contributed by atoms with Gasteiger partial charge < -0.3 is 19.3 Å². The van der Waals surface area contributed by atoms with Gasteiger partial charge in [-0.1, -0.05) is 6.07 Å². The number of likely N-dealkylation sites (tertiary alicyclic amines) is 2. The zero-order valence-corrected chi connectivity index (χ0v) is 17.8. The van der Waals surface area contributed by atoms with Gasteiger partial charge in [0.2, 0.25) is 5.91 Å². The van der Waals surface area contributed by atoms with Gasteiger partial charge in [0, 0.05) is 38.6 Å². The van der Waals surface area contributed by atoms with Gasteiger partial charge in [0.05, 0.1) is 17.2 Å². The average molecular weight is 467 g/mol. The smallest absolute Gasteiger partial charge is 0.475 e. The highest BCUT2D eigenvalue weighted by Gasteiger charge is 2.47. The number of carboxylic acid groups (broad SMARTS) is 1. The first-order valence-electron chi connectivity index (χ1n) is 10.4. The van der Waals surface area contributed by atoms with Crippen LogP contribution in [0, 0.1) is 5.41 Å². The minimum Gasteiger partial charge on any atom is -0.475 e. The molecule has 2 aromatic heterocycles. The Morgan fingerprint density at radius 2 is 1.88 bits per heavy atom. The SMILES string of the molecule is O=C(O)C(F)(F)F.O=C(c1ccoc1)N1CCCC2(CC1)CCN(Cc1cccnc1)C2=O. The molecule has 2 aliphatic heterocycles. The highest BCUT2D eigenvalue weighted by molar-refractivity contribution is 5.94. The summed E-state index contributed by atoms with van der Waals surface area (Å²) in [6, 6.07) is 5.60. The van der Waals surface area contributed by atoms with Gasteiger partial charge >= 0.3 is 12.1 Å². The molecular formula is C22H24F3N3O5. The van der Waals surface area contributed by atoms with Crippen molar-refractivity contribution in [2.45, 2.75) is 38.4 Å². The summed E-state index contributed by atoms with van der Waals surface area (Å²) in [6.07, 6.45) is 4.80. The van der Waals surface area contributed by atoms with Gasteiger partial charge in [-0.05, 0) is 43.4 Å². The molecule has 1 spiro atoms. The number of hydrogen-bond acceptors (Lipinski definition) is 5. The number of aromatic nitrogens is 1. The fraction of sp³-hybridized carbons (Fsp3) is 0.455. The quantitative estimate of drug-likeness (QED) is 0.743. The fourth-order valence-electron chi connectivity index (χ4n) is 4.19. The molecule has 1 unspecified atom stereocenters. The van der Waals surface area contributed by atoms with E-state index in [1.54, 1.807) is 12.3 Å². The molecule has 4 heterocycles. The van der Waals surface area contributed by atoms with E-state index < -0.39 is 12.1 Å². The van der Waals surface area contributed by atoms with E-state index in [-0.39, 0.29) is 17.2 Å². The van der Waals surface area contributed by atoms with Crippen LogP contribution in [-0.2, 0) is 16.1 Å². The Kier molecular flexibility index (Phi) is 7.39. The number of alkyl halides is 3. The van der Waals surface area contributed by atoms with E-state index in [9.17, 15) is 22.8 Å². The van der Waals surface area contributed by atoms with Crippen LogP contribution in [0.4, 0.5) is 13.2 Å². The van der Waals surface area contributed by atoms with E-state index in [0.29, 0.717) is 25.2 Å². The topological polar surface area (TPSA) is 104 Å². The van der Waals surface area contributed by atoms with Crippen molar-refractivity contribution in [2.75, 3.05) is 19.6 Å². The van der Waals surface area contributed by atoms with Crippen LogP contribution >= 0.6 is 0 Å². The van der Waals surface area contributed by atoms with Gasteiger partial charge in [0.15, 0.2) is 0 Å². The maximum atomic E-state index is 13.1. The van der Waals surface area contributed by atoms with Crippen LogP contribution < -0.4 is 0 Å². The number of nitrogens with zero attached hydrogens (tertiary/aromatic N) is 3. The van der Waals surface area contributed by atoms with Crippen molar-refractivity contribution in [1.82, 2.24) is 14.8 Å². The lowest BCUT2D eigenvalue weighted by Gasteiger charge is -2.26. The minimum atomic E-state index is -5.08. The van der Waals surface area contributed by atoms with Crippen LogP contribution in [-0.4, -0.2) is 63.5 Å². The maximum Gasteiger partial charge on any atom is 0.490 e. The van der Waals surface area contributed by atoms with Gasteiger partial charge in [0.1, 0.15) is 6.26 Å². The van der Waals surface area contributed by atoms with Gasteiger partial charge in [-0.15, -0.1) is 0 Å². The number of carbonyl (C=O) groups is 3. The molecule has 11 heteroatoms. The van der Waals surface area contributed by atoms with Crippen molar-refractivity contribution in [3.63, 3.8) is 0 Å². The highest BCUT2D eigenvalue weighted by Crippen LogP contribution is 2.42. The van der Waals surface area contributed by atoms with Crippen molar-refractivity contribution < 1.29 is 37.1 Å². The normalized spacial score (nSPS) is 20.9. The van der Waals surface area contributed by atoms with Crippen LogP contribution in [0.15, 0.2) is 47.5 Å². The Morgan fingerprint density at radius 3 is 2.48 bits per heavy atom. The number of carbonyl (C=O) groups excluding carboxylic acids is 2. The van der Waals surface area contributed by atoms with Gasteiger partial charge in [-0.25, -0.2) is 4.79 Å². The Labute approximate surface area is 188 Å². The Morgan fingerprint density at radius 1 is 1.15 bits per heavy atom. The lowest BCUT2D eigenvalue weighted by molar-refractivity contribution is -0.192. The molecule has 2 aliphatic rings. The highest BCUT2D eigenvalue weighted by atomic mass is 19.4. The van der Waals surface area contributed by atoms with Gasteiger partial charge in [-0.3, -0.25) is 14.6 Å². The molecule has 2 saturated heterocycles. The summed E-state index contributed by atoms with van der Waals surface area (Å²) in [5.41, 5.74) is 1.33. The largest absolute Gasteiger partial charge is 0.490 e. The Balaban J connectivity index is 0.000000383. The number of pyridine rings is 1. The van der Waals surface area contributed by atoms with Crippen LogP contribution in [0.1, 0.15) is 41.6 Å². The molecule has 2 amide bonds. The van der Waals surface area contributed by atoms with Crippen LogP contribution in [0.25, 0.3) is 0 Å². The van der Waals surface area contributed by atoms with Crippen molar-refractivity contribution in [3.8, 4) is 0 Å². The third-order valence-corrected chi connectivity index (χ3v) is 5.94. The third-order valence-electron chi connectivity index (χ3n) is 5.94. The van der Waals surface area contributed by atoms with Crippen molar-refractivity contribution in [3.05, 3.63) is 54.2 Å². The second-order valence-corrected chi connectivity index (χ2v) is 8.08. The van der Waals surface area contributed by atoms with Crippen LogP contribution in [0.3, 0.4) is 0 Å². The summed E-state index contributed by atoms with van der Waals surface area (Å²) in [5.74, 6) is -2.53. The molecule has 0 bridgehead atoms. The zero-order valence-electron chi connectivity index (χ0n) is 17.8. The number of furan rings is 1. The Hall–Kier alpha value is -3.37. The molecule has 2 aromatic rings. The number of aliphatic carboxylic acids is 1. The van der Waals surface area contributed by atoms with E-state index in [4.69, 9.17) is 14.3 Å². The number of carboxylic acids is 1. The second kappa shape index (κ2) is 10.1. The maximum absolute atomic E-state index is 13.1. The molecule has 1 N–H and O–H groups in total. The van der Waals surface area contributed by atoms with E-state index in [1.165, 1.54) is 12.5 Å². The number of hydrogen-bond donors (Lipinski definition) is 1. The van der Waals surface area contributed by atoms with Crippen molar-refractivity contribution >= 4 is 17.8 Å². The van der Waals surface area contributed by atoms with E-state index in [1.807, 2.05) is 28.1 Å². The molecule has 4 rings (SSSR count). The predicted octanol–water partition coefficient (Wildman–Crippen LogP) is 3.35. The van der Waals surface area contributed by atoms with E-state index in [0.717, 1.165) is 37.8 Å². The molecule has 1 atom stereocenters. The first-order chi connectivity index (χ1) is 15.6. The molecule has 8 nitrogen and oxygen atoms in total. The Bertz CT molecular complexity index is 965. The average Bonchev–Trinajstić information content (AvgIpc) is 3.35. The molecular weight excluding hydrogens is 443 g/mol. The first kappa shape index (κ1) is 24.3. The molecule has 0 radical (unpaired) electrons. The lowest BCUT2D eigenvalue weighted by atomic mass is 9.79. The zero-order chi connectivity index (χ0) is 24.1. The first-order valence-corrected chi connectivity index (χ1v) is 10.4. The van der Waals surface area contributed by atoms with Crippen LogP contribution in [0.2, 0.25) is 0 Å². The molecule has 2 fully saturated rings. The van der Waals surface area contributed by atoms with Crippen molar-refractivity contribution in [1.29, 1.82) is 0 Å². The summed E-state index contributed by atoms with van der Waals surface area (Å²) in [7, 11) is 0. The molecule has 0 aromatic carbocycles. The van der Waals surface area contributed by atoms with Crippen molar-refractivity contribution in [2.24, 2.45) is 5.41 Å². The number of amides is 2. The summed E-state index contributed by atoms with van der Waals surface area (Å²) in [5, 5.41) is 7.12. The summed E-state index contributed by atoms with van der Waals surface area (Å²) < 4.78 is 36.8. The monoisotopic (exact) mass is 467 g/mol. The summed E-state index contributed by atoms with van der Waals surface area (Å²) >= 11 is 0. The molecule has 0 saturated carbocycles.